The lowest BCUT2D eigenvalue weighted by Crippen LogP contribution is -2.33. The van der Waals surface area contributed by atoms with Gasteiger partial charge in [0.25, 0.3) is 0 Å². The van der Waals surface area contributed by atoms with Crippen LogP contribution in [0, 0.1) is 24.9 Å². The molecule has 0 amide bonds. The lowest BCUT2D eigenvalue weighted by molar-refractivity contribution is -0.619. The molecule has 4 rings (SSSR count). The lowest BCUT2D eigenvalue weighted by atomic mass is 9.99. The molecule has 0 atom stereocenters. The molecule has 172 valence electrons. The van der Waals surface area contributed by atoms with Crippen LogP contribution in [0.4, 0.5) is 23.5 Å². The molecule has 0 saturated carbocycles. The van der Waals surface area contributed by atoms with Crippen LogP contribution in [0.5, 0.6) is 0 Å². The summed E-state index contributed by atoms with van der Waals surface area (Å²) in [6, 6.07) is 8.40. The van der Waals surface area contributed by atoms with Gasteiger partial charge in [-0.25, -0.2) is 23.3 Å². The standard InChI is InChI=1S/C21H18F4N6O2/c1-11-9-14(10-12(2)31(11)33)16-17(13-3-5-15(22)6-4-13)27-19(26)30-18(16)28-29(20(30)32)8-7-21(23,24)25/h3-6,9-10H,7-8H2,1-2H3,(H2,26,27). The maximum Gasteiger partial charge on any atom is 0.390 e. The fourth-order valence-corrected chi connectivity index (χ4v) is 3.59. The van der Waals surface area contributed by atoms with Crippen molar-refractivity contribution >= 4 is 11.6 Å². The molecule has 0 aliphatic heterocycles. The van der Waals surface area contributed by atoms with Crippen molar-refractivity contribution in [2.45, 2.75) is 33.0 Å². The van der Waals surface area contributed by atoms with Gasteiger partial charge < -0.3 is 10.9 Å². The normalized spacial score (nSPS) is 11.9. The van der Waals surface area contributed by atoms with E-state index in [-0.39, 0.29) is 22.9 Å². The fourth-order valence-electron chi connectivity index (χ4n) is 3.59. The molecule has 0 unspecified atom stereocenters. The molecule has 0 saturated heterocycles. The van der Waals surface area contributed by atoms with Gasteiger partial charge in [0.05, 0.1) is 24.2 Å². The second-order valence-electron chi connectivity index (χ2n) is 7.55. The Bertz CT molecular complexity index is 1400. The van der Waals surface area contributed by atoms with Crippen molar-refractivity contribution in [3.05, 3.63) is 69.3 Å². The Morgan fingerprint density at radius 2 is 1.70 bits per heavy atom. The molecule has 33 heavy (non-hydrogen) atoms. The van der Waals surface area contributed by atoms with Crippen molar-refractivity contribution in [3.8, 4) is 22.4 Å². The number of benzene rings is 1. The molecule has 0 aliphatic carbocycles. The predicted molar refractivity (Wildman–Crippen MR) is 112 cm³/mol. The number of rotatable bonds is 4. The molecule has 0 fully saturated rings. The minimum absolute atomic E-state index is 0.0311. The van der Waals surface area contributed by atoms with E-state index in [9.17, 15) is 27.6 Å². The smallest absolute Gasteiger partial charge is 0.390 e. The van der Waals surface area contributed by atoms with Gasteiger partial charge in [0.15, 0.2) is 17.0 Å². The monoisotopic (exact) mass is 462 g/mol. The molecule has 3 heterocycles. The molecule has 0 radical (unpaired) electrons. The van der Waals surface area contributed by atoms with Crippen LogP contribution >= 0.6 is 0 Å². The van der Waals surface area contributed by atoms with Gasteiger partial charge in [0.2, 0.25) is 5.95 Å². The minimum Gasteiger partial charge on any atom is -0.618 e. The zero-order valence-electron chi connectivity index (χ0n) is 17.5. The molecule has 0 spiro atoms. The maximum absolute atomic E-state index is 13.5. The third kappa shape index (κ3) is 4.11. The number of nitrogen functional groups attached to an aromatic ring is 1. The summed E-state index contributed by atoms with van der Waals surface area (Å²) >= 11 is 0. The molecule has 4 aromatic rings. The first-order valence-electron chi connectivity index (χ1n) is 9.79. The summed E-state index contributed by atoms with van der Waals surface area (Å²) in [7, 11) is 0. The maximum atomic E-state index is 13.5. The zero-order valence-corrected chi connectivity index (χ0v) is 17.5. The highest BCUT2D eigenvalue weighted by Gasteiger charge is 2.29. The van der Waals surface area contributed by atoms with Crippen LogP contribution in [0.3, 0.4) is 0 Å². The predicted octanol–water partition coefficient (Wildman–Crippen LogP) is 3.15. The van der Waals surface area contributed by atoms with Crippen LogP contribution in [0.1, 0.15) is 17.8 Å². The van der Waals surface area contributed by atoms with E-state index in [0.29, 0.717) is 31.9 Å². The number of aromatic nitrogens is 5. The van der Waals surface area contributed by atoms with Gasteiger partial charge in [0, 0.05) is 37.1 Å². The molecular weight excluding hydrogens is 444 g/mol. The summed E-state index contributed by atoms with van der Waals surface area (Å²) in [5.41, 5.74) is 7.15. The minimum atomic E-state index is -4.49. The average Bonchev–Trinajstić information content (AvgIpc) is 3.07. The first kappa shape index (κ1) is 22.2. The first-order chi connectivity index (χ1) is 15.5. The molecule has 1 aromatic carbocycles. The number of hydrogen-bond donors (Lipinski definition) is 1. The van der Waals surface area contributed by atoms with Crippen LogP contribution in [0.25, 0.3) is 28.0 Å². The summed E-state index contributed by atoms with van der Waals surface area (Å²) in [5.74, 6) is -0.777. The fraction of sp³-hybridized carbons (Fsp3) is 0.238. The number of hydrogen-bond acceptors (Lipinski definition) is 5. The van der Waals surface area contributed by atoms with Crippen molar-refractivity contribution in [1.29, 1.82) is 0 Å². The molecule has 2 N–H and O–H groups in total. The Balaban J connectivity index is 2.06. The van der Waals surface area contributed by atoms with E-state index >= 15 is 0 Å². The third-order valence-corrected chi connectivity index (χ3v) is 5.14. The average molecular weight is 462 g/mol. The van der Waals surface area contributed by atoms with Gasteiger partial charge in [-0.3, -0.25) is 0 Å². The van der Waals surface area contributed by atoms with Crippen molar-refractivity contribution in [3.63, 3.8) is 0 Å². The largest absolute Gasteiger partial charge is 0.618 e. The van der Waals surface area contributed by atoms with E-state index in [4.69, 9.17) is 5.73 Å². The van der Waals surface area contributed by atoms with E-state index in [0.717, 1.165) is 4.40 Å². The summed E-state index contributed by atoms with van der Waals surface area (Å²) in [6.07, 6.45) is -5.75. The first-order valence-corrected chi connectivity index (χ1v) is 9.79. The Labute approximate surface area is 184 Å². The Morgan fingerprint density at radius 1 is 1.09 bits per heavy atom. The van der Waals surface area contributed by atoms with Crippen molar-refractivity contribution in [2.24, 2.45) is 0 Å². The summed E-state index contributed by atoms with van der Waals surface area (Å²) in [4.78, 5) is 17.1. The molecule has 8 nitrogen and oxygen atoms in total. The molecular formula is C21H18F4N6O2. The zero-order chi connectivity index (χ0) is 24.1. The highest BCUT2D eigenvalue weighted by atomic mass is 19.4. The molecule has 3 aromatic heterocycles. The van der Waals surface area contributed by atoms with Crippen molar-refractivity contribution in [2.75, 3.05) is 5.73 Å². The van der Waals surface area contributed by atoms with Crippen molar-refractivity contribution < 1.29 is 22.3 Å². The summed E-state index contributed by atoms with van der Waals surface area (Å²) in [6.45, 7) is 2.45. The van der Waals surface area contributed by atoms with Gasteiger partial charge in [0.1, 0.15) is 5.82 Å². The van der Waals surface area contributed by atoms with Gasteiger partial charge in [-0.2, -0.15) is 17.9 Å². The Morgan fingerprint density at radius 3 is 2.27 bits per heavy atom. The topological polar surface area (TPSA) is 105 Å². The second kappa shape index (κ2) is 7.87. The number of alkyl halides is 3. The van der Waals surface area contributed by atoms with Gasteiger partial charge >= 0.3 is 11.9 Å². The number of aryl methyl sites for hydroxylation is 3. The number of pyridine rings is 1. The third-order valence-electron chi connectivity index (χ3n) is 5.14. The van der Waals surface area contributed by atoms with Gasteiger partial charge in [-0.1, -0.05) is 0 Å². The SMILES string of the molecule is Cc1cc(-c2c(-c3ccc(F)cc3)nc(N)n3c(=O)n(CCC(F)(F)F)nc23)cc(C)[n+]1[O-]. The number of nitrogens with two attached hydrogens (primary N) is 1. The molecule has 12 heteroatoms. The van der Waals surface area contributed by atoms with E-state index in [1.54, 1.807) is 26.0 Å². The van der Waals surface area contributed by atoms with Crippen molar-refractivity contribution in [1.82, 2.24) is 19.2 Å². The Kier molecular flexibility index (Phi) is 5.30. The highest BCUT2D eigenvalue weighted by Crippen LogP contribution is 2.35. The quantitative estimate of drug-likeness (QED) is 0.285. The summed E-state index contributed by atoms with van der Waals surface area (Å²) < 4.78 is 54.1. The van der Waals surface area contributed by atoms with Crippen LogP contribution < -0.4 is 16.2 Å². The van der Waals surface area contributed by atoms with Crippen LogP contribution in [0.2, 0.25) is 0 Å². The van der Waals surface area contributed by atoms with Crippen LogP contribution in [0.15, 0.2) is 41.2 Å². The van der Waals surface area contributed by atoms with Gasteiger partial charge in [-0.15, -0.1) is 5.10 Å². The van der Waals surface area contributed by atoms with Crippen LogP contribution in [-0.2, 0) is 6.54 Å². The highest BCUT2D eigenvalue weighted by molar-refractivity contribution is 5.90. The lowest BCUT2D eigenvalue weighted by Gasteiger charge is -2.13. The summed E-state index contributed by atoms with van der Waals surface area (Å²) in [5, 5.41) is 16.3. The molecule has 0 bridgehead atoms. The Hall–Kier alpha value is -3.96. The van der Waals surface area contributed by atoms with E-state index < -0.39 is 30.6 Å². The molecule has 0 aliphatic rings. The van der Waals surface area contributed by atoms with E-state index in [2.05, 4.69) is 10.1 Å². The number of halogens is 4. The number of nitrogens with zero attached hydrogens (tertiary/aromatic N) is 5. The number of anilines is 1. The second-order valence-corrected chi connectivity index (χ2v) is 7.55. The van der Waals surface area contributed by atoms with Crippen LogP contribution in [-0.4, -0.2) is 25.3 Å². The van der Waals surface area contributed by atoms with E-state index in [1.165, 1.54) is 24.3 Å². The number of fused-ring (bicyclic) bond motifs is 1. The van der Waals surface area contributed by atoms with E-state index in [1.807, 2.05) is 0 Å². The van der Waals surface area contributed by atoms with Gasteiger partial charge in [-0.05, 0) is 24.3 Å².